The van der Waals surface area contributed by atoms with Crippen molar-refractivity contribution in [2.45, 2.75) is 40.2 Å². The van der Waals surface area contributed by atoms with Gasteiger partial charge in [-0.15, -0.1) is 0 Å². The van der Waals surface area contributed by atoms with Crippen LogP contribution < -0.4 is 14.2 Å². The van der Waals surface area contributed by atoms with E-state index in [0.29, 0.717) is 43.4 Å². The van der Waals surface area contributed by atoms with E-state index in [-0.39, 0.29) is 17.9 Å². The highest BCUT2D eigenvalue weighted by molar-refractivity contribution is 5.95. The number of amides is 1. The summed E-state index contributed by atoms with van der Waals surface area (Å²) >= 11 is 0. The molecule has 0 fully saturated rings. The van der Waals surface area contributed by atoms with Gasteiger partial charge in [-0.2, -0.15) is 0 Å². The molecule has 1 aliphatic rings. The summed E-state index contributed by atoms with van der Waals surface area (Å²) in [6.07, 6.45) is 0.917. The number of benzene rings is 2. The van der Waals surface area contributed by atoms with E-state index in [9.17, 15) is 4.79 Å². The summed E-state index contributed by atoms with van der Waals surface area (Å²) < 4.78 is 17.2. The first-order chi connectivity index (χ1) is 14.0. The fourth-order valence-corrected chi connectivity index (χ4v) is 3.66. The van der Waals surface area contributed by atoms with Gasteiger partial charge in [0.25, 0.3) is 5.91 Å². The summed E-state index contributed by atoms with van der Waals surface area (Å²) in [5.41, 5.74) is 1.82. The third kappa shape index (κ3) is 5.03. The van der Waals surface area contributed by atoms with Gasteiger partial charge < -0.3 is 19.1 Å². The average molecular weight is 398 g/mol. The summed E-state index contributed by atoms with van der Waals surface area (Å²) in [7, 11) is 0. The zero-order valence-corrected chi connectivity index (χ0v) is 17.8. The summed E-state index contributed by atoms with van der Waals surface area (Å²) in [5.74, 6) is 2.50. The first kappa shape index (κ1) is 21.0. The fourth-order valence-electron chi connectivity index (χ4n) is 3.66. The van der Waals surface area contributed by atoms with E-state index < -0.39 is 0 Å². The second kappa shape index (κ2) is 9.68. The lowest BCUT2D eigenvalue weighted by Gasteiger charge is -2.33. The first-order valence-corrected chi connectivity index (χ1v) is 10.4. The first-order valence-electron chi connectivity index (χ1n) is 10.4. The van der Waals surface area contributed by atoms with E-state index >= 15 is 0 Å². The number of carbonyl (C=O) groups excluding carboxylic acids is 1. The lowest BCUT2D eigenvalue weighted by molar-refractivity contribution is 0.0635. The number of hydrogen-bond acceptors (Lipinski definition) is 4. The SMILES string of the molecule is CCOc1ccc(C(=O)N(CC2COc3ccccc3C2)C(C)C)cc1OCC. The Hall–Kier alpha value is -2.69. The van der Waals surface area contributed by atoms with Crippen molar-refractivity contribution in [2.75, 3.05) is 26.4 Å². The number of rotatable bonds is 8. The molecular weight excluding hydrogens is 366 g/mol. The second-order valence-corrected chi connectivity index (χ2v) is 7.57. The minimum atomic E-state index is 0.00265. The Kier molecular flexibility index (Phi) is 7.02. The van der Waals surface area contributed by atoms with E-state index in [0.717, 1.165) is 12.2 Å². The van der Waals surface area contributed by atoms with Crippen LogP contribution in [0, 0.1) is 5.92 Å². The average Bonchev–Trinajstić information content (AvgIpc) is 2.73. The molecule has 29 heavy (non-hydrogen) atoms. The monoisotopic (exact) mass is 397 g/mol. The number of hydrogen-bond donors (Lipinski definition) is 0. The molecule has 0 saturated heterocycles. The third-order valence-electron chi connectivity index (χ3n) is 5.09. The minimum Gasteiger partial charge on any atom is -0.493 e. The number of fused-ring (bicyclic) bond motifs is 1. The third-order valence-corrected chi connectivity index (χ3v) is 5.09. The predicted octanol–water partition coefficient (Wildman–Crippen LogP) is 4.59. The molecule has 0 spiro atoms. The van der Waals surface area contributed by atoms with Gasteiger partial charge in [-0.3, -0.25) is 4.79 Å². The largest absolute Gasteiger partial charge is 0.493 e. The molecule has 1 amide bonds. The Morgan fingerprint density at radius 2 is 1.83 bits per heavy atom. The van der Waals surface area contributed by atoms with Crippen LogP contribution in [-0.2, 0) is 6.42 Å². The molecule has 3 rings (SSSR count). The van der Waals surface area contributed by atoms with Gasteiger partial charge in [-0.25, -0.2) is 0 Å². The topological polar surface area (TPSA) is 48.0 Å². The maximum Gasteiger partial charge on any atom is 0.254 e. The van der Waals surface area contributed by atoms with Crippen LogP contribution in [0.15, 0.2) is 42.5 Å². The van der Waals surface area contributed by atoms with Crippen molar-refractivity contribution in [2.24, 2.45) is 5.92 Å². The van der Waals surface area contributed by atoms with Crippen LogP contribution in [0.25, 0.3) is 0 Å². The second-order valence-electron chi connectivity index (χ2n) is 7.57. The van der Waals surface area contributed by atoms with Crippen LogP contribution in [0.2, 0.25) is 0 Å². The summed E-state index contributed by atoms with van der Waals surface area (Å²) in [5, 5.41) is 0. The standard InChI is InChI=1S/C24H31NO4/c1-5-27-22-12-11-20(14-23(22)28-6-2)24(26)25(17(3)4)15-18-13-19-9-7-8-10-21(19)29-16-18/h7-12,14,17-18H,5-6,13,15-16H2,1-4H3. The maximum atomic E-state index is 13.3. The lowest BCUT2D eigenvalue weighted by atomic mass is 9.95. The van der Waals surface area contributed by atoms with E-state index in [1.165, 1.54) is 5.56 Å². The molecule has 0 aromatic heterocycles. The molecule has 2 aromatic rings. The van der Waals surface area contributed by atoms with Gasteiger partial charge in [0.2, 0.25) is 0 Å². The number of ether oxygens (including phenoxy) is 3. The Morgan fingerprint density at radius 1 is 1.10 bits per heavy atom. The van der Waals surface area contributed by atoms with Crippen LogP contribution >= 0.6 is 0 Å². The Bertz CT molecular complexity index is 833. The van der Waals surface area contributed by atoms with Gasteiger partial charge >= 0.3 is 0 Å². The summed E-state index contributed by atoms with van der Waals surface area (Å²) in [4.78, 5) is 15.2. The molecule has 5 heteroatoms. The minimum absolute atomic E-state index is 0.00265. The van der Waals surface area contributed by atoms with E-state index in [1.807, 2.05) is 62.9 Å². The molecule has 1 aliphatic heterocycles. The van der Waals surface area contributed by atoms with E-state index in [4.69, 9.17) is 14.2 Å². The smallest absolute Gasteiger partial charge is 0.254 e. The van der Waals surface area contributed by atoms with Gasteiger partial charge in [-0.05, 0) is 63.9 Å². The summed E-state index contributed by atoms with van der Waals surface area (Å²) in [6.45, 7) is 10.3. The fraction of sp³-hybridized carbons (Fsp3) is 0.458. The van der Waals surface area contributed by atoms with Gasteiger partial charge in [0.1, 0.15) is 5.75 Å². The molecule has 156 valence electrons. The van der Waals surface area contributed by atoms with Crippen LogP contribution in [0.5, 0.6) is 17.2 Å². The molecule has 1 unspecified atom stereocenters. The molecule has 2 aromatic carbocycles. The number of nitrogens with zero attached hydrogens (tertiary/aromatic N) is 1. The molecule has 0 radical (unpaired) electrons. The molecule has 0 N–H and O–H groups in total. The van der Waals surface area contributed by atoms with Gasteiger partial charge in [0.05, 0.1) is 19.8 Å². The van der Waals surface area contributed by atoms with Gasteiger partial charge in [-0.1, -0.05) is 18.2 Å². The van der Waals surface area contributed by atoms with Crippen molar-refractivity contribution in [3.05, 3.63) is 53.6 Å². The van der Waals surface area contributed by atoms with E-state index in [1.54, 1.807) is 6.07 Å². The maximum absolute atomic E-state index is 13.3. The van der Waals surface area contributed by atoms with Crippen LogP contribution in [0.1, 0.15) is 43.6 Å². The van der Waals surface area contributed by atoms with Crippen molar-refractivity contribution in [3.63, 3.8) is 0 Å². The summed E-state index contributed by atoms with van der Waals surface area (Å²) in [6, 6.07) is 13.6. The highest BCUT2D eigenvalue weighted by Gasteiger charge is 2.27. The highest BCUT2D eigenvalue weighted by Crippen LogP contribution is 2.31. The quantitative estimate of drug-likeness (QED) is 0.654. The predicted molar refractivity (Wildman–Crippen MR) is 114 cm³/mol. The Morgan fingerprint density at radius 3 is 2.55 bits per heavy atom. The van der Waals surface area contributed by atoms with Crippen molar-refractivity contribution < 1.29 is 19.0 Å². The molecule has 1 heterocycles. The molecule has 0 aliphatic carbocycles. The molecule has 5 nitrogen and oxygen atoms in total. The van der Waals surface area contributed by atoms with Gasteiger partial charge in [0, 0.05) is 24.1 Å². The van der Waals surface area contributed by atoms with Crippen LogP contribution in [0.3, 0.4) is 0 Å². The zero-order chi connectivity index (χ0) is 20.8. The lowest BCUT2D eigenvalue weighted by Crippen LogP contribution is -2.43. The highest BCUT2D eigenvalue weighted by atomic mass is 16.5. The Balaban J connectivity index is 1.77. The van der Waals surface area contributed by atoms with E-state index in [2.05, 4.69) is 6.07 Å². The molecule has 0 bridgehead atoms. The van der Waals surface area contributed by atoms with Crippen molar-refractivity contribution in [1.82, 2.24) is 4.90 Å². The van der Waals surface area contributed by atoms with Crippen molar-refractivity contribution in [1.29, 1.82) is 0 Å². The molecular formula is C24H31NO4. The van der Waals surface area contributed by atoms with Crippen molar-refractivity contribution >= 4 is 5.91 Å². The number of para-hydroxylation sites is 1. The van der Waals surface area contributed by atoms with Crippen molar-refractivity contribution in [3.8, 4) is 17.2 Å². The van der Waals surface area contributed by atoms with Gasteiger partial charge in [0.15, 0.2) is 11.5 Å². The molecule has 0 saturated carbocycles. The number of carbonyl (C=O) groups is 1. The zero-order valence-electron chi connectivity index (χ0n) is 17.8. The van der Waals surface area contributed by atoms with Crippen LogP contribution in [0.4, 0.5) is 0 Å². The normalized spacial score (nSPS) is 15.4. The Labute approximate surface area is 173 Å². The van der Waals surface area contributed by atoms with Crippen LogP contribution in [-0.4, -0.2) is 43.2 Å². The molecule has 1 atom stereocenters.